The van der Waals surface area contributed by atoms with Crippen LogP contribution in [0.1, 0.15) is 27.2 Å². The number of nitriles is 1. The summed E-state index contributed by atoms with van der Waals surface area (Å²) in [5.74, 6) is -0.266. The van der Waals surface area contributed by atoms with E-state index in [0.717, 1.165) is 0 Å². The lowest BCUT2D eigenvalue weighted by molar-refractivity contribution is -0.128. The molecule has 0 aliphatic rings. The molecule has 0 aromatic carbocycles. The van der Waals surface area contributed by atoms with Crippen LogP contribution < -0.4 is 5.32 Å². The Hall–Kier alpha value is -0.730. The zero-order chi connectivity index (χ0) is 12.8. The molecule has 0 bridgehead atoms. The van der Waals surface area contributed by atoms with E-state index in [9.17, 15) is 4.79 Å². The number of hydrogen-bond donors (Lipinski definition) is 2. The average molecular weight is 244 g/mol. The quantitative estimate of drug-likeness (QED) is 0.735. The van der Waals surface area contributed by atoms with E-state index in [-0.39, 0.29) is 23.8 Å². The van der Waals surface area contributed by atoms with Crippen LogP contribution in [-0.2, 0) is 4.79 Å². The Balaban J connectivity index is 4.51. The van der Waals surface area contributed by atoms with Gasteiger partial charge in [0, 0.05) is 11.3 Å². The van der Waals surface area contributed by atoms with Crippen molar-refractivity contribution in [1.82, 2.24) is 5.32 Å². The van der Waals surface area contributed by atoms with E-state index in [0.29, 0.717) is 6.42 Å². The summed E-state index contributed by atoms with van der Waals surface area (Å²) in [5, 5.41) is 20.8. The van der Waals surface area contributed by atoms with E-state index in [2.05, 4.69) is 5.32 Å². The number of nitrogens with one attached hydrogen (secondary N) is 1. The number of amides is 1. The third-order valence-corrected chi connectivity index (χ3v) is 4.02. The predicted octanol–water partition coefficient (Wildman–Crippen LogP) is 1.15. The molecule has 0 heterocycles. The summed E-state index contributed by atoms with van der Waals surface area (Å²) in [7, 11) is 0. The van der Waals surface area contributed by atoms with Crippen molar-refractivity contribution in [2.75, 3.05) is 12.9 Å². The minimum atomic E-state index is -0.979. The Labute approximate surface area is 101 Å². The fraction of sp³-hybridized carbons (Fsp3) is 0.818. The van der Waals surface area contributed by atoms with Crippen LogP contribution in [0.15, 0.2) is 0 Å². The van der Waals surface area contributed by atoms with Gasteiger partial charge in [0.1, 0.15) is 5.41 Å². The van der Waals surface area contributed by atoms with Crippen LogP contribution in [0.2, 0.25) is 0 Å². The van der Waals surface area contributed by atoms with Crippen molar-refractivity contribution >= 4 is 17.7 Å². The summed E-state index contributed by atoms with van der Waals surface area (Å²) in [4.78, 5) is 11.8. The second-order valence-corrected chi connectivity index (χ2v) is 5.09. The lowest BCUT2D eigenvalue weighted by atomic mass is 9.88. The molecule has 0 aliphatic carbocycles. The molecule has 0 aromatic heterocycles. The summed E-state index contributed by atoms with van der Waals surface area (Å²) >= 11 is 1.50. The topological polar surface area (TPSA) is 73.1 Å². The minimum Gasteiger partial charge on any atom is -0.395 e. The van der Waals surface area contributed by atoms with E-state index in [1.54, 1.807) is 6.92 Å². The summed E-state index contributed by atoms with van der Waals surface area (Å²) < 4.78 is 0. The van der Waals surface area contributed by atoms with Crippen LogP contribution >= 0.6 is 11.8 Å². The highest BCUT2D eigenvalue weighted by atomic mass is 32.2. The Morgan fingerprint density at radius 2 is 2.25 bits per heavy atom. The monoisotopic (exact) mass is 244 g/mol. The predicted molar refractivity (Wildman–Crippen MR) is 66.0 cm³/mol. The van der Waals surface area contributed by atoms with Gasteiger partial charge in [0.15, 0.2) is 0 Å². The largest absolute Gasteiger partial charge is 0.395 e. The molecule has 0 rings (SSSR count). The molecular formula is C11H20N2O2S. The van der Waals surface area contributed by atoms with Gasteiger partial charge in [-0.25, -0.2) is 0 Å². The van der Waals surface area contributed by atoms with Crippen molar-refractivity contribution in [2.24, 2.45) is 5.41 Å². The smallest absolute Gasteiger partial charge is 0.240 e. The SMILES string of the molecule is CCC(C)(C#N)C(=O)NC(C)C(CO)SC. The molecule has 0 saturated heterocycles. The second kappa shape index (κ2) is 6.77. The number of thioether (sulfide) groups is 1. The van der Waals surface area contributed by atoms with Crippen molar-refractivity contribution in [1.29, 1.82) is 5.26 Å². The Morgan fingerprint density at radius 1 is 1.69 bits per heavy atom. The Kier molecular flexibility index (Phi) is 6.46. The van der Waals surface area contributed by atoms with E-state index in [4.69, 9.17) is 10.4 Å². The molecule has 0 spiro atoms. The van der Waals surface area contributed by atoms with Gasteiger partial charge < -0.3 is 10.4 Å². The molecule has 0 aliphatic heterocycles. The fourth-order valence-corrected chi connectivity index (χ4v) is 1.81. The molecule has 16 heavy (non-hydrogen) atoms. The molecule has 4 nitrogen and oxygen atoms in total. The number of carbonyl (C=O) groups is 1. The minimum absolute atomic E-state index is 0.0119. The first-order chi connectivity index (χ1) is 7.45. The second-order valence-electron chi connectivity index (χ2n) is 4.02. The first-order valence-electron chi connectivity index (χ1n) is 5.31. The number of hydrogen-bond acceptors (Lipinski definition) is 4. The van der Waals surface area contributed by atoms with Gasteiger partial charge in [-0.15, -0.1) is 0 Å². The highest BCUT2D eigenvalue weighted by Crippen LogP contribution is 2.21. The molecule has 0 saturated carbocycles. The van der Waals surface area contributed by atoms with Gasteiger partial charge in [-0.2, -0.15) is 17.0 Å². The van der Waals surface area contributed by atoms with Crippen molar-refractivity contribution in [3.8, 4) is 6.07 Å². The van der Waals surface area contributed by atoms with Crippen LogP contribution in [0.25, 0.3) is 0 Å². The maximum absolute atomic E-state index is 11.8. The summed E-state index contributed by atoms with van der Waals surface area (Å²) in [6.45, 7) is 5.29. The van der Waals surface area contributed by atoms with E-state index in [1.807, 2.05) is 26.2 Å². The number of aliphatic hydroxyl groups is 1. The van der Waals surface area contributed by atoms with Crippen molar-refractivity contribution in [3.63, 3.8) is 0 Å². The van der Waals surface area contributed by atoms with Gasteiger partial charge >= 0.3 is 0 Å². The van der Waals surface area contributed by atoms with Crippen molar-refractivity contribution < 1.29 is 9.90 Å². The first-order valence-corrected chi connectivity index (χ1v) is 6.59. The highest BCUT2D eigenvalue weighted by Gasteiger charge is 2.33. The van der Waals surface area contributed by atoms with Gasteiger partial charge in [-0.1, -0.05) is 6.92 Å². The Bertz CT molecular complexity index is 274. The lowest BCUT2D eigenvalue weighted by Crippen LogP contribution is -2.47. The molecule has 0 aromatic rings. The Morgan fingerprint density at radius 3 is 2.56 bits per heavy atom. The molecule has 92 valence electrons. The molecular weight excluding hydrogens is 224 g/mol. The van der Waals surface area contributed by atoms with Crippen LogP contribution in [0.4, 0.5) is 0 Å². The van der Waals surface area contributed by atoms with Gasteiger partial charge in [0.2, 0.25) is 5.91 Å². The van der Waals surface area contributed by atoms with E-state index in [1.165, 1.54) is 11.8 Å². The third kappa shape index (κ3) is 3.69. The first kappa shape index (κ1) is 15.3. The zero-order valence-corrected chi connectivity index (χ0v) is 11.1. The van der Waals surface area contributed by atoms with Crippen molar-refractivity contribution in [3.05, 3.63) is 0 Å². The number of carbonyl (C=O) groups excluding carboxylic acids is 1. The molecule has 5 heteroatoms. The van der Waals surface area contributed by atoms with Crippen LogP contribution in [0.3, 0.4) is 0 Å². The van der Waals surface area contributed by atoms with Crippen molar-refractivity contribution in [2.45, 2.75) is 38.5 Å². The fourth-order valence-electron chi connectivity index (χ4n) is 1.19. The molecule has 0 fully saturated rings. The van der Waals surface area contributed by atoms with Gasteiger partial charge in [0.25, 0.3) is 0 Å². The molecule has 3 unspecified atom stereocenters. The number of nitrogens with zero attached hydrogens (tertiary/aromatic N) is 1. The number of aliphatic hydroxyl groups excluding tert-OH is 1. The van der Waals surface area contributed by atoms with E-state index < -0.39 is 5.41 Å². The van der Waals surface area contributed by atoms with Gasteiger partial charge in [0.05, 0.1) is 12.7 Å². The van der Waals surface area contributed by atoms with E-state index >= 15 is 0 Å². The van der Waals surface area contributed by atoms with Crippen LogP contribution in [0.5, 0.6) is 0 Å². The summed E-state index contributed by atoms with van der Waals surface area (Å²) in [5.41, 5.74) is -0.979. The molecule has 2 N–H and O–H groups in total. The third-order valence-electron chi connectivity index (χ3n) is 2.85. The molecule has 0 radical (unpaired) electrons. The van der Waals surface area contributed by atoms with Crippen LogP contribution in [-0.4, -0.2) is 35.2 Å². The maximum Gasteiger partial charge on any atom is 0.240 e. The summed E-state index contributed by atoms with van der Waals surface area (Å²) in [6.07, 6.45) is 2.36. The zero-order valence-electron chi connectivity index (χ0n) is 10.3. The van der Waals surface area contributed by atoms with Crippen LogP contribution in [0, 0.1) is 16.7 Å². The highest BCUT2D eigenvalue weighted by molar-refractivity contribution is 7.99. The van der Waals surface area contributed by atoms with Gasteiger partial charge in [-0.05, 0) is 26.5 Å². The normalized spacial score (nSPS) is 18.0. The standard InChI is InChI=1S/C11H20N2O2S/c1-5-11(3,7-12)10(15)13-8(2)9(6-14)16-4/h8-9,14H,5-6H2,1-4H3,(H,13,15). The number of rotatable bonds is 6. The van der Waals surface area contributed by atoms with Gasteiger partial charge in [-0.3, -0.25) is 4.79 Å². The molecule has 1 amide bonds. The lowest BCUT2D eigenvalue weighted by Gasteiger charge is -2.26. The average Bonchev–Trinajstić information content (AvgIpc) is 2.29. The summed E-state index contributed by atoms with van der Waals surface area (Å²) in [6, 6.07) is 1.88. The molecule has 3 atom stereocenters. The maximum atomic E-state index is 11.8.